The van der Waals surface area contributed by atoms with E-state index >= 15 is 0 Å². The van der Waals surface area contributed by atoms with Crippen molar-refractivity contribution in [1.82, 2.24) is 9.97 Å². The monoisotopic (exact) mass is 453 g/mol. The van der Waals surface area contributed by atoms with E-state index in [0.29, 0.717) is 23.7 Å². The van der Waals surface area contributed by atoms with E-state index in [1.165, 1.54) is 5.56 Å². The maximum Gasteiger partial charge on any atom is 0.229 e. The summed E-state index contributed by atoms with van der Waals surface area (Å²) in [6, 6.07) is 17.7. The third-order valence-electron chi connectivity index (χ3n) is 4.53. The first-order valence-corrected chi connectivity index (χ1v) is 11.7. The molecule has 7 heteroatoms. The summed E-state index contributed by atoms with van der Waals surface area (Å²) in [5.74, 6) is 0.740. The highest BCUT2D eigenvalue weighted by atomic mass is 35.5. The van der Waals surface area contributed by atoms with E-state index < -0.39 is 0 Å². The van der Waals surface area contributed by atoms with Crippen LogP contribution in [0.2, 0.25) is 5.02 Å². The minimum absolute atomic E-state index is 0.0519. The first kappa shape index (κ1) is 20.8. The molecule has 0 aliphatic rings. The molecule has 30 heavy (non-hydrogen) atoms. The van der Waals surface area contributed by atoms with E-state index in [4.69, 9.17) is 16.6 Å². The van der Waals surface area contributed by atoms with Gasteiger partial charge in [-0.2, -0.15) is 0 Å². The number of pyridine rings is 1. The lowest BCUT2D eigenvalue weighted by molar-refractivity contribution is -0.118. The molecule has 2 aromatic heterocycles. The fourth-order valence-electron chi connectivity index (χ4n) is 2.99. The highest BCUT2D eigenvalue weighted by Crippen LogP contribution is 2.31. The number of aryl methyl sites for hydroxylation is 1. The van der Waals surface area contributed by atoms with Gasteiger partial charge in [0, 0.05) is 34.5 Å². The molecule has 152 valence electrons. The van der Waals surface area contributed by atoms with Crippen LogP contribution in [0, 0.1) is 6.92 Å². The number of amides is 1. The topological polar surface area (TPSA) is 46.1 Å². The van der Waals surface area contributed by atoms with Gasteiger partial charge in [0.05, 0.1) is 16.8 Å². The second-order valence-corrected chi connectivity index (χ2v) is 9.48. The Morgan fingerprint density at radius 2 is 2.00 bits per heavy atom. The predicted molar refractivity (Wildman–Crippen MR) is 127 cm³/mol. The average Bonchev–Trinajstić information content (AvgIpc) is 3.17. The predicted octanol–water partition coefficient (Wildman–Crippen LogP) is 6.37. The number of anilines is 1. The van der Waals surface area contributed by atoms with Crippen molar-refractivity contribution in [2.75, 3.05) is 10.7 Å². The smallest absolute Gasteiger partial charge is 0.229 e. The molecule has 4 nitrogen and oxygen atoms in total. The zero-order valence-electron chi connectivity index (χ0n) is 16.4. The van der Waals surface area contributed by atoms with E-state index in [1.54, 1.807) is 40.4 Å². The van der Waals surface area contributed by atoms with E-state index in [2.05, 4.69) is 18.0 Å². The van der Waals surface area contributed by atoms with Crippen molar-refractivity contribution in [3.63, 3.8) is 0 Å². The summed E-state index contributed by atoms with van der Waals surface area (Å²) >= 11 is 9.14. The van der Waals surface area contributed by atoms with Crippen LogP contribution >= 0.6 is 34.7 Å². The van der Waals surface area contributed by atoms with Gasteiger partial charge in [0.1, 0.15) is 0 Å². The van der Waals surface area contributed by atoms with E-state index in [-0.39, 0.29) is 5.91 Å². The Morgan fingerprint density at radius 3 is 2.77 bits per heavy atom. The molecule has 4 aromatic rings. The fraction of sp³-hybridized carbons (Fsp3) is 0.174. The molecule has 0 unspecified atom stereocenters. The Labute approximate surface area is 188 Å². The molecule has 0 spiro atoms. The van der Waals surface area contributed by atoms with Crippen molar-refractivity contribution in [2.24, 2.45) is 0 Å². The zero-order chi connectivity index (χ0) is 20.9. The molecule has 0 aliphatic heterocycles. The fourth-order valence-corrected chi connectivity index (χ4v) is 5.04. The quantitative estimate of drug-likeness (QED) is 0.305. The Hall–Kier alpha value is -2.41. The first-order valence-electron chi connectivity index (χ1n) is 9.53. The second-order valence-electron chi connectivity index (χ2n) is 6.86. The van der Waals surface area contributed by atoms with Crippen molar-refractivity contribution in [1.29, 1.82) is 0 Å². The van der Waals surface area contributed by atoms with Crippen molar-refractivity contribution in [3.8, 4) is 0 Å². The SMILES string of the molecule is Cc1ccc2nc(N(Cc3cccnc3)C(=O)CCSc3ccc(Cl)cc3)sc2c1. The molecule has 2 aromatic carbocycles. The Bertz CT molecular complexity index is 1150. The summed E-state index contributed by atoms with van der Waals surface area (Å²) < 4.78 is 1.09. The molecular weight excluding hydrogens is 434 g/mol. The van der Waals surface area contributed by atoms with E-state index in [9.17, 15) is 4.79 Å². The standard InChI is InChI=1S/C23H20ClN3OS2/c1-16-4-9-20-21(13-16)30-23(26-20)27(15-17-3-2-11-25-14-17)22(28)10-12-29-19-7-5-18(24)6-8-19/h2-9,11,13-14H,10,12,15H2,1H3. The number of carbonyl (C=O) groups excluding carboxylic acids is 1. The van der Waals surface area contributed by atoms with Crippen molar-refractivity contribution in [2.45, 2.75) is 24.8 Å². The lowest BCUT2D eigenvalue weighted by Crippen LogP contribution is -2.30. The van der Waals surface area contributed by atoms with Gasteiger partial charge >= 0.3 is 0 Å². The van der Waals surface area contributed by atoms with Gasteiger partial charge in [-0.05, 0) is 60.5 Å². The summed E-state index contributed by atoms with van der Waals surface area (Å²) in [7, 11) is 0. The van der Waals surface area contributed by atoms with Gasteiger partial charge in [0.15, 0.2) is 5.13 Å². The number of benzene rings is 2. The van der Waals surface area contributed by atoms with Crippen LogP contribution in [0.1, 0.15) is 17.5 Å². The maximum absolute atomic E-state index is 13.2. The summed E-state index contributed by atoms with van der Waals surface area (Å²) in [6.07, 6.45) is 3.95. The number of aromatic nitrogens is 2. The molecule has 0 aliphatic carbocycles. The van der Waals surface area contributed by atoms with Crippen LogP contribution in [0.25, 0.3) is 10.2 Å². The molecule has 0 N–H and O–H groups in total. The molecule has 1 amide bonds. The van der Waals surface area contributed by atoms with Crippen LogP contribution < -0.4 is 4.90 Å². The van der Waals surface area contributed by atoms with Crippen LogP contribution in [0.3, 0.4) is 0 Å². The summed E-state index contributed by atoms with van der Waals surface area (Å²) in [6.45, 7) is 2.52. The minimum Gasteiger partial charge on any atom is -0.284 e. The lowest BCUT2D eigenvalue weighted by atomic mass is 10.2. The van der Waals surface area contributed by atoms with Gasteiger partial charge in [-0.25, -0.2) is 4.98 Å². The number of rotatable bonds is 7. The molecule has 2 heterocycles. The van der Waals surface area contributed by atoms with Crippen LogP contribution in [0.4, 0.5) is 5.13 Å². The second kappa shape index (κ2) is 9.60. The van der Waals surface area contributed by atoms with Gasteiger partial charge in [-0.1, -0.05) is 35.1 Å². The third kappa shape index (κ3) is 5.19. The maximum atomic E-state index is 13.2. The third-order valence-corrected chi connectivity index (χ3v) is 6.83. The number of hydrogen-bond donors (Lipinski definition) is 0. The minimum atomic E-state index is 0.0519. The number of thioether (sulfide) groups is 1. The summed E-state index contributed by atoms with van der Waals surface area (Å²) in [5.41, 5.74) is 3.08. The highest BCUT2D eigenvalue weighted by Gasteiger charge is 2.20. The van der Waals surface area contributed by atoms with Gasteiger partial charge < -0.3 is 0 Å². The Morgan fingerprint density at radius 1 is 1.17 bits per heavy atom. The summed E-state index contributed by atoms with van der Waals surface area (Å²) in [4.78, 5) is 25.0. The normalized spacial score (nSPS) is 11.0. The number of nitrogens with zero attached hydrogens (tertiary/aromatic N) is 3. The number of hydrogen-bond acceptors (Lipinski definition) is 5. The van der Waals surface area contributed by atoms with Crippen LogP contribution in [0.5, 0.6) is 0 Å². The van der Waals surface area contributed by atoms with Crippen molar-refractivity contribution in [3.05, 3.63) is 83.1 Å². The number of thiazole rings is 1. The van der Waals surface area contributed by atoms with Crippen LogP contribution in [0.15, 0.2) is 71.9 Å². The summed E-state index contributed by atoms with van der Waals surface area (Å²) in [5, 5.41) is 1.44. The Kier molecular flexibility index (Phi) is 6.67. The molecule has 0 saturated carbocycles. The van der Waals surface area contributed by atoms with Crippen molar-refractivity contribution >= 4 is 56.0 Å². The number of fused-ring (bicyclic) bond motifs is 1. The highest BCUT2D eigenvalue weighted by molar-refractivity contribution is 7.99. The molecule has 0 bridgehead atoms. The molecular formula is C23H20ClN3OS2. The van der Waals surface area contributed by atoms with E-state index in [0.717, 1.165) is 25.8 Å². The zero-order valence-corrected chi connectivity index (χ0v) is 18.8. The van der Waals surface area contributed by atoms with Gasteiger partial charge in [-0.3, -0.25) is 14.7 Å². The molecule has 0 atom stereocenters. The van der Waals surface area contributed by atoms with Crippen molar-refractivity contribution < 1.29 is 4.79 Å². The molecule has 0 saturated heterocycles. The van der Waals surface area contributed by atoms with Gasteiger partial charge in [0.25, 0.3) is 0 Å². The average molecular weight is 454 g/mol. The molecule has 4 rings (SSSR count). The lowest BCUT2D eigenvalue weighted by Gasteiger charge is -2.20. The van der Waals surface area contributed by atoms with Gasteiger partial charge in [-0.15, -0.1) is 11.8 Å². The van der Waals surface area contributed by atoms with Crippen LogP contribution in [-0.2, 0) is 11.3 Å². The number of carbonyl (C=O) groups is 1. The number of halogens is 1. The first-order chi connectivity index (χ1) is 14.6. The van der Waals surface area contributed by atoms with Crippen LogP contribution in [-0.4, -0.2) is 21.6 Å². The Balaban J connectivity index is 1.52. The molecule has 0 fully saturated rings. The molecule has 0 radical (unpaired) electrons. The van der Waals surface area contributed by atoms with Gasteiger partial charge in [0.2, 0.25) is 5.91 Å². The largest absolute Gasteiger partial charge is 0.284 e. The van der Waals surface area contributed by atoms with E-state index in [1.807, 2.05) is 48.5 Å².